The molecule has 7 nitrogen and oxygen atoms in total. The number of aromatic nitrogens is 2. The predicted molar refractivity (Wildman–Crippen MR) is 100 cm³/mol. The molecule has 1 N–H and O–H groups in total. The number of carbonyl (C=O) groups is 1. The number of nitrogens with zero attached hydrogens (tertiary/aromatic N) is 2. The summed E-state index contributed by atoms with van der Waals surface area (Å²) in [6.45, 7) is 1.73. The molecule has 0 radical (unpaired) electrons. The van der Waals surface area contributed by atoms with Crippen molar-refractivity contribution in [3.63, 3.8) is 0 Å². The lowest BCUT2D eigenvalue weighted by molar-refractivity contribution is -0.115. The number of rotatable bonds is 7. The van der Waals surface area contributed by atoms with Crippen LogP contribution in [0.25, 0.3) is 0 Å². The molecule has 0 aliphatic carbocycles. The second-order valence-corrected chi connectivity index (χ2v) is 8.11. The third-order valence-corrected chi connectivity index (χ3v) is 5.63. The van der Waals surface area contributed by atoms with Gasteiger partial charge in [-0.05, 0) is 30.7 Å². The van der Waals surface area contributed by atoms with Crippen molar-refractivity contribution < 1.29 is 17.7 Å². The van der Waals surface area contributed by atoms with Gasteiger partial charge < -0.3 is 9.84 Å². The Morgan fingerprint density at radius 2 is 1.78 bits per heavy atom. The van der Waals surface area contributed by atoms with Gasteiger partial charge in [0.05, 0.1) is 17.1 Å². The van der Waals surface area contributed by atoms with Gasteiger partial charge in [0.25, 0.3) is 0 Å². The van der Waals surface area contributed by atoms with Crippen molar-refractivity contribution in [2.75, 3.05) is 11.1 Å². The van der Waals surface area contributed by atoms with E-state index in [9.17, 15) is 13.2 Å². The van der Waals surface area contributed by atoms with Crippen LogP contribution in [0.1, 0.15) is 23.7 Å². The molecule has 8 heteroatoms. The Bertz CT molecular complexity index is 1030. The van der Waals surface area contributed by atoms with Gasteiger partial charge in [-0.25, -0.2) is 8.42 Å². The number of aryl methyl sites for hydroxylation is 1. The van der Waals surface area contributed by atoms with Gasteiger partial charge >= 0.3 is 0 Å². The Morgan fingerprint density at radius 3 is 2.48 bits per heavy atom. The Hall–Kier alpha value is -3.00. The monoisotopic (exact) mass is 385 g/mol. The molecule has 2 aromatic carbocycles. The summed E-state index contributed by atoms with van der Waals surface area (Å²) in [6.07, 6.45) is 0.241. The van der Waals surface area contributed by atoms with E-state index in [0.717, 1.165) is 5.56 Å². The van der Waals surface area contributed by atoms with Crippen LogP contribution in [-0.4, -0.2) is 30.2 Å². The fraction of sp³-hybridized carbons (Fsp3) is 0.211. The molecule has 0 aliphatic heterocycles. The maximum atomic E-state index is 12.3. The summed E-state index contributed by atoms with van der Waals surface area (Å²) in [5, 5.41) is 6.52. The molecule has 27 heavy (non-hydrogen) atoms. The lowest BCUT2D eigenvalue weighted by Gasteiger charge is -2.10. The van der Waals surface area contributed by atoms with Crippen molar-refractivity contribution in [2.24, 2.45) is 0 Å². The molecule has 140 valence electrons. The topological polar surface area (TPSA) is 102 Å². The Morgan fingerprint density at radius 1 is 1.07 bits per heavy atom. The van der Waals surface area contributed by atoms with Gasteiger partial charge in [0.15, 0.2) is 15.7 Å². The Kier molecular flexibility index (Phi) is 5.66. The summed E-state index contributed by atoms with van der Waals surface area (Å²) >= 11 is 0. The van der Waals surface area contributed by atoms with E-state index >= 15 is 0 Å². The molecule has 0 aliphatic rings. The van der Waals surface area contributed by atoms with E-state index in [2.05, 4.69) is 15.5 Å². The largest absolute Gasteiger partial charge is 0.339 e. The van der Waals surface area contributed by atoms with Crippen molar-refractivity contribution in [1.29, 1.82) is 0 Å². The molecule has 3 rings (SSSR count). The van der Waals surface area contributed by atoms with E-state index in [4.69, 9.17) is 4.52 Å². The quantitative estimate of drug-likeness (QED) is 0.671. The summed E-state index contributed by atoms with van der Waals surface area (Å²) in [5.41, 5.74) is 1.40. The van der Waals surface area contributed by atoms with Gasteiger partial charge in [-0.1, -0.05) is 41.6 Å². The summed E-state index contributed by atoms with van der Waals surface area (Å²) in [7, 11) is -3.50. The summed E-state index contributed by atoms with van der Waals surface area (Å²) in [6, 6.07) is 15.3. The maximum Gasteiger partial charge on any atom is 0.231 e. The van der Waals surface area contributed by atoms with E-state index in [-0.39, 0.29) is 23.0 Å². The van der Waals surface area contributed by atoms with Crippen molar-refractivity contribution in [3.8, 4) is 0 Å². The second-order valence-electron chi connectivity index (χ2n) is 6.00. The van der Waals surface area contributed by atoms with Crippen LogP contribution in [0, 0.1) is 6.92 Å². The molecule has 3 aromatic rings. The van der Waals surface area contributed by atoms with Crippen LogP contribution in [0.15, 0.2) is 64.0 Å². The SMILES string of the molecule is Cc1noc(Cc2ccccc2NC(=O)CCS(=O)(=O)c2ccccc2)n1. The van der Waals surface area contributed by atoms with Crippen molar-refractivity contribution in [1.82, 2.24) is 10.1 Å². The highest BCUT2D eigenvalue weighted by Gasteiger charge is 2.17. The second kappa shape index (κ2) is 8.13. The number of hydrogen-bond donors (Lipinski definition) is 1. The molecule has 1 aromatic heterocycles. The standard InChI is InChI=1S/C19H19N3O4S/c1-14-20-19(26-22-14)13-15-7-5-6-10-17(15)21-18(23)11-12-27(24,25)16-8-3-2-4-9-16/h2-10H,11-13H2,1H3,(H,21,23). The smallest absolute Gasteiger partial charge is 0.231 e. The number of carbonyl (C=O) groups excluding carboxylic acids is 1. The maximum absolute atomic E-state index is 12.3. The molecule has 0 spiro atoms. The normalized spacial score (nSPS) is 11.3. The first-order valence-electron chi connectivity index (χ1n) is 8.39. The number of hydrogen-bond acceptors (Lipinski definition) is 6. The Labute approximate surface area is 157 Å². The Balaban J connectivity index is 1.64. The molecule has 1 amide bonds. The van der Waals surface area contributed by atoms with Gasteiger partial charge in [0.2, 0.25) is 11.8 Å². The minimum Gasteiger partial charge on any atom is -0.339 e. The average Bonchev–Trinajstić information content (AvgIpc) is 3.07. The molecule has 0 unspecified atom stereocenters. The van der Waals surface area contributed by atoms with E-state index < -0.39 is 9.84 Å². The zero-order valence-corrected chi connectivity index (χ0v) is 15.6. The zero-order valence-electron chi connectivity index (χ0n) is 14.8. The number of anilines is 1. The van der Waals surface area contributed by atoms with Crippen molar-refractivity contribution >= 4 is 21.4 Å². The van der Waals surface area contributed by atoms with E-state index in [1.807, 2.05) is 12.1 Å². The first kappa shape index (κ1) is 18.8. The van der Waals surface area contributed by atoms with Crippen LogP contribution in [-0.2, 0) is 21.1 Å². The highest BCUT2D eigenvalue weighted by Crippen LogP contribution is 2.19. The van der Waals surface area contributed by atoms with Crippen LogP contribution in [0.4, 0.5) is 5.69 Å². The summed E-state index contributed by atoms with van der Waals surface area (Å²) < 4.78 is 29.7. The summed E-state index contributed by atoms with van der Waals surface area (Å²) in [5.74, 6) is 0.357. The van der Waals surface area contributed by atoms with Gasteiger partial charge in [-0.3, -0.25) is 4.79 Å². The predicted octanol–water partition coefficient (Wildman–Crippen LogP) is 2.77. The highest BCUT2D eigenvalue weighted by atomic mass is 32.2. The number of para-hydroxylation sites is 1. The minimum absolute atomic E-state index is 0.134. The van der Waals surface area contributed by atoms with Crippen LogP contribution in [0.2, 0.25) is 0 Å². The van der Waals surface area contributed by atoms with Crippen molar-refractivity contribution in [2.45, 2.75) is 24.7 Å². The first-order chi connectivity index (χ1) is 12.9. The number of benzene rings is 2. The fourth-order valence-corrected chi connectivity index (χ4v) is 3.82. The first-order valence-corrected chi connectivity index (χ1v) is 10.0. The summed E-state index contributed by atoms with van der Waals surface area (Å²) in [4.78, 5) is 16.6. The van der Waals surface area contributed by atoms with Crippen LogP contribution in [0.3, 0.4) is 0 Å². The van der Waals surface area contributed by atoms with Gasteiger partial charge in [-0.15, -0.1) is 0 Å². The van der Waals surface area contributed by atoms with Gasteiger partial charge in [0.1, 0.15) is 0 Å². The highest BCUT2D eigenvalue weighted by molar-refractivity contribution is 7.91. The van der Waals surface area contributed by atoms with Crippen molar-refractivity contribution in [3.05, 3.63) is 71.9 Å². The lowest BCUT2D eigenvalue weighted by Crippen LogP contribution is -2.18. The molecule has 0 bridgehead atoms. The molecular weight excluding hydrogens is 366 g/mol. The third-order valence-electron chi connectivity index (χ3n) is 3.90. The molecule has 0 saturated carbocycles. The number of nitrogens with one attached hydrogen (secondary N) is 1. The molecule has 0 fully saturated rings. The molecule has 1 heterocycles. The third kappa shape index (κ3) is 5.01. The van der Waals surface area contributed by atoms with E-state index in [1.165, 1.54) is 12.1 Å². The van der Waals surface area contributed by atoms with Crippen LogP contribution >= 0.6 is 0 Å². The zero-order chi connectivity index (χ0) is 19.3. The molecular formula is C19H19N3O4S. The fourth-order valence-electron chi connectivity index (χ4n) is 2.56. The van der Waals surface area contributed by atoms with E-state index in [1.54, 1.807) is 37.3 Å². The van der Waals surface area contributed by atoms with Crippen LogP contribution in [0.5, 0.6) is 0 Å². The van der Waals surface area contributed by atoms with Gasteiger partial charge in [0, 0.05) is 12.1 Å². The number of amides is 1. The number of sulfone groups is 1. The lowest BCUT2D eigenvalue weighted by atomic mass is 10.1. The minimum atomic E-state index is -3.50. The van der Waals surface area contributed by atoms with Gasteiger partial charge in [-0.2, -0.15) is 4.98 Å². The van der Waals surface area contributed by atoms with E-state index in [0.29, 0.717) is 23.8 Å². The molecule has 0 saturated heterocycles. The average molecular weight is 385 g/mol. The molecule has 0 atom stereocenters. The van der Waals surface area contributed by atoms with Crippen LogP contribution < -0.4 is 5.32 Å².